The largest absolute Gasteiger partial charge is 0.495 e. The molecule has 0 saturated carbocycles. The van der Waals surface area contributed by atoms with E-state index < -0.39 is 5.60 Å². The molecule has 13 heteroatoms. The van der Waals surface area contributed by atoms with E-state index in [1.807, 2.05) is 20.8 Å². The average Bonchev–Trinajstić information content (AvgIpc) is 2.98. The number of likely N-dealkylation sites (tertiary alicyclic amines) is 1. The molecule has 1 N–H and O–H groups in total. The average molecular weight is 636 g/mol. The maximum Gasteiger partial charge on any atom is 0.410 e. The fourth-order valence-corrected chi connectivity index (χ4v) is 6.06. The minimum absolute atomic E-state index is 0.205. The van der Waals surface area contributed by atoms with E-state index in [1.54, 1.807) is 34.8 Å². The molecule has 11 nitrogen and oxygen atoms in total. The van der Waals surface area contributed by atoms with Gasteiger partial charge in [-0.25, -0.2) is 9.78 Å². The quantitative estimate of drug-likeness (QED) is 0.324. The number of ether oxygens (including phenoxy) is 3. The van der Waals surface area contributed by atoms with Crippen LogP contribution >= 0.6 is 23.2 Å². The second-order valence-corrected chi connectivity index (χ2v) is 12.1. The molecule has 1 aromatic carbocycles. The smallest absolute Gasteiger partial charge is 0.410 e. The van der Waals surface area contributed by atoms with E-state index in [0.717, 1.165) is 19.4 Å². The molecule has 3 heterocycles. The van der Waals surface area contributed by atoms with Crippen molar-refractivity contribution in [3.63, 3.8) is 0 Å². The Bertz CT molecular complexity index is 1500. The number of carbonyl (C=O) groups excluding carboxylic acids is 1. The predicted molar refractivity (Wildman–Crippen MR) is 170 cm³/mol. The number of halogens is 2. The molecule has 3 aromatic rings. The second kappa shape index (κ2) is 13.6. The first-order chi connectivity index (χ1) is 20.4. The van der Waals surface area contributed by atoms with Gasteiger partial charge < -0.3 is 24.4 Å². The Kier molecular flexibility index (Phi) is 10.3. The number of carbonyl (C=O) groups is 1. The summed E-state index contributed by atoms with van der Waals surface area (Å²) in [4.78, 5) is 39.9. The third kappa shape index (κ3) is 7.11. The molecule has 0 unspecified atom stereocenters. The van der Waals surface area contributed by atoms with Gasteiger partial charge in [-0.1, -0.05) is 30.1 Å². The lowest BCUT2D eigenvalue weighted by Gasteiger charge is -2.38. The number of amides is 1. The van der Waals surface area contributed by atoms with Crippen LogP contribution in [0.2, 0.25) is 10.0 Å². The molecule has 0 atom stereocenters. The maximum absolute atomic E-state index is 14.2. The highest BCUT2D eigenvalue weighted by Crippen LogP contribution is 2.45. The summed E-state index contributed by atoms with van der Waals surface area (Å²) in [6.45, 7) is 10.7. The van der Waals surface area contributed by atoms with Crippen molar-refractivity contribution in [3.05, 3.63) is 38.7 Å². The Labute approximate surface area is 262 Å². The highest BCUT2D eigenvalue weighted by molar-refractivity contribution is 6.41. The van der Waals surface area contributed by atoms with Gasteiger partial charge in [0.25, 0.3) is 5.56 Å². The number of pyridine rings is 1. The zero-order valence-electron chi connectivity index (χ0n) is 25.8. The van der Waals surface area contributed by atoms with Gasteiger partial charge in [0.2, 0.25) is 5.95 Å². The first-order valence-electron chi connectivity index (χ1n) is 14.3. The van der Waals surface area contributed by atoms with Gasteiger partial charge in [0.15, 0.2) is 0 Å². The van der Waals surface area contributed by atoms with Gasteiger partial charge in [0.05, 0.1) is 29.8 Å². The molecule has 234 valence electrons. The van der Waals surface area contributed by atoms with E-state index in [4.69, 9.17) is 37.4 Å². The van der Waals surface area contributed by atoms with E-state index >= 15 is 0 Å². The second-order valence-electron chi connectivity index (χ2n) is 11.3. The highest BCUT2D eigenvalue weighted by Gasteiger charge is 2.29. The van der Waals surface area contributed by atoms with Crippen molar-refractivity contribution >= 4 is 46.3 Å². The molecule has 1 aliphatic rings. The summed E-state index contributed by atoms with van der Waals surface area (Å²) in [6.07, 6.45) is 3.00. The van der Waals surface area contributed by atoms with E-state index in [2.05, 4.69) is 27.1 Å². The predicted octanol–water partition coefficient (Wildman–Crippen LogP) is 5.55. The number of fused-ring (bicyclic) bond motifs is 1. The van der Waals surface area contributed by atoms with Crippen LogP contribution in [-0.4, -0.2) is 89.5 Å². The molecule has 0 spiro atoms. The molecule has 1 saturated heterocycles. The number of rotatable bonds is 9. The topological polar surface area (TPSA) is 111 Å². The lowest BCUT2D eigenvalue weighted by Crippen LogP contribution is -2.48. The number of methoxy groups -OCH3 is 2. The van der Waals surface area contributed by atoms with Gasteiger partial charge in [0.1, 0.15) is 22.7 Å². The summed E-state index contributed by atoms with van der Waals surface area (Å²) in [5, 5.41) is 4.01. The Morgan fingerprint density at radius 3 is 2.28 bits per heavy atom. The number of hydrogen-bond acceptors (Lipinski definition) is 9. The summed E-state index contributed by atoms with van der Waals surface area (Å²) in [7, 11) is 4.70. The summed E-state index contributed by atoms with van der Waals surface area (Å²) < 4.78 is 18.1. The van der Waals surface area contributed by atoms with Crippen molar-refractivity contribution in [1.82, 2.24) is 24.3 Å². The lowest BCUT2D eigenvalue weighted by atomic mass is 10.0. The Balaban J connectivity index is 1.68. The zero-order valence-corrected chi connectivity index (χ0v) is 27.3. The number of anilines is 1. The standard InChI is InChI=1S/C30H40Cl2N6O5/c1-8-36(19-9-11-37(12-10-19)29(40)43-30(2,3)4)13-14-38-26-18(17-34-28(33-5)35-26)15-20(27(38)39)23-24(31)21(41-6)16-22(42-7)25(23)32/h15-17,19H,8-14H2,1-7H3,(H,33,34,35). The summed E-state index contributed by atoms with van der Waals surface area (Å²) in [5.41, 5.74) is 0.262. The van der Waals surface area contributed by atoms with E-state index in [-0.39, 0.29) is 33.3 Å². The van der Waals surface area contributed by atoms with Crippen LogP contribution in [0.25, 0.3) is 22.2 Å². The van der Waals surface area contributed by atoms with Crippen LogP contribution in [0, 0.1) is 0 Å². The number of aromatic nitrogens is 3. The molecule has 0 aliphatic carbocycles. The third-order valence-electron chi connectivity index (χ3n) is 7.54. The highest BCUT2D eigenvalue weighted by atomic mass is 35.5. The summed E-state index contributed by atoms with van der Waals surface area (Å²) >= 11 is 13.4. The SMILES string of the molecule is CCN(CCn1c(=O)c(-c2c(Cl)c(OC)cc(OC)c2Cl)cc2cnc(NC)nc21)C1CCN(C(=O)OC(C)(C)C)CC1. The minimum Gasteiger partial charge on any atom is -0.495 e. The molecule has 43 heavy (non-hydrogen) atoms. The van der Waals surface area contributed by atoms with Crippen molar-refractivity contribution in [1.29, 1.82) is 0 Å². The van der Waals surface area contributed by atoms with Crippen molar-refractivity contribution in [2.75, 3.05) is 52.8 Å². The number of nitrogens with zero attached hydrogens (tertiary/aromatic N) is 5. The van der Waals surface area contributed by atoms with Crippen LogP contribution < -0.4 is 20.3 Å². The third-order valence-corrected chi connectivity index (χ3v) is 8.29. The first-order valence-corrected chi connectivity index (χ1v) is 15.1. The number of nitrogens with one attached hydrogen (secondary N) is 1. The van der Waals surface area contributed by atoms with Crippen LogP contribution in [-0.2, 0) is 11.3 Å². The molecule has 1 amide bonds. The van der Waals surface area contributed by atoms with Gasteiger partial charge in [0, 0.05) is 62.5 Å². The normalized spacial score (nSPS) is 14.3. The van der Waals surface area contributed by atoms with Crippen LogP contribution in [0.5, 0.6) is 11.5 Å². The molecule has 2 aromatic heterocycles. The molecular weight excluding hydrogens is 595 g/mol. The number of hydrogen-bond donors (Lipinski definition) is 1. The van der Waals surface area contributed by atoms with Gasteiger partial charge in [-0.05, 0) is 46.2 Å². The van der Waals surface area contributed by atoms with Crippen molar-refractivity contribution in [3.8, 4) is 22.6 Å². The molecule has 0 radical (unpaired) electrons. The van der Waals surface area contributed by atoms with Crippen molar-refractivity contribution in [2.45, 2.75) is 58.7 Å². The van der Waals surface area contributed by atoms with E-state index in [9.17, 15) is 9.59 Å². The van der Waals surface area contributed by atoms with Crippen molar-refractivity contribution < 1.29 is 19.0 Å². The zero-order chi connectivity index (χ0) is 31.5. The molecular formula is C30H40Cl2N6O5. The molecule has 0 bridgehead atoms. The first kappa shape index (κ1) is 32.6. The van der Waals surface area contributed by atoms with E-state index in [1.165, 1.54) is 14.2 Å². The number of piperidine rings is 1. The van der Waals surface area contributed by atoms with Gasteiger partial charge in [-0.3, -0.25) is 14.3 Å². The maximum atomic E-state index is 14.2. The van der Waals surface area contributed by atoms with Crippen LogP contribution in [0.4, 0.5) is 10.7 Å². The summed E-state index contributed by atoms with van der Waals surface area (Å²) in [6, 6.07) is 3.54. The van der Waals surface area contributed by atoms with E-state index in [0.29, 0.717) is 60.2 Å². The fraction of sp³-hybridized carbons (Fsp3) is 0.533. The number of likely N-dealkylation sites (N-methyl/N-ethyl adjacent to an activating group) is 1. The molecule has 1 fully saturated rings. The van der Waals surface area contributed by atoms with Gasteiger partial charge >= 0.3 is 6.09 Å². The van der Waals surface area contributed by atoms with Crippen LogP contribution in [0.3, 0.4) is 0 Å². The summed E-state index contributed by atoms with van der Waals surface area (Å²) in [5.74, 6) is 1.07. The van der Waals surface area contributed by atoms with Gasteiger partial charge in [-0.15, -0.1) is 0 Å². The lowest BCUT2D eigenvalue weighted by molar-refractivity contribution is 0.0144. The van der Waals surface area contributed by atoms with Crippen LogP contribution in [0.1, 0.15) is 40.5 Å². The minimum atomic E-state index is -0.533. The Morgan fingerprint density at radius 2 is 1.74 bits per heavy atom. The Hall–Kier alpha value is -3.28. The number of benzene rings is 1. The van der Waals surface area contributed by atoms with Crippen molar-refractivity contribution in [2.24, 2.45) is 0 Å². The molecule has 1 aliphatic heterocycles. The molecule has 4 rings (SSSR count). The monoisotopic (exact) mass is 634 g/mol. The Morgan fingerprint density at radius 1 is 1.12 bits per heavy atom. The van der Waals surface area contributed by atoms with Gasteiger partial charge in [-0.2, -0.15) is 4.98 Å². The fourth-order valence-electron chi connectivity index (χ4n) is 5.36. The van der Waals surface area contributed by atoms with Crippen LogP contribution in [0.15, 0.2) is 23.1 Å².